The molecular weight excluding hydrogens is 290 g/mol. The topological polar surface area (TPSA) is 66.8 Å². The monoisotopic (exact) mass is 309 g/mol. The third kappa shape index (κ3) is 4.88. The average molecular weight is 309 g/mol. The Morgan fingerprint density at radius 3 is 2.76 bits per heavy atom. The van der Waals surface area contributed by atoms with Crippen molar-refractivity contribution in [1.29, 1.82) is 0 Å². The van der Waals surface area contributed by atoms with E-state index < -0.39 is 5.97 Å². The maximum absolute atomic E-state index is 12.4. The Bertz CT molecular complexity index is 568. The molecule has 0 unspecified atom stereocenters. The molecule has 0 aromatic carbocycles. The molecule has 0 atom stereocenters. The number of esters is 1. The van der Waals surface area contributed by atoms with Crippen molar-refractivity contribution in [2.45, 2.75) is 20.3 Å². The molecule has 1 aromatic heterocycles. The molecule has 0 fully saturated rings. The van der Waals surface area contributed by atoms with Crippen LogP contribution in [-0.4, -0.2) is 48.7 Å². The van der Waals surface area contributed by atoms with Crippen molar-refractivity contribution >= 4 is 23.2 Å². The van der Waals surface area contributed by atoms with Gasteiger partial charge < -0.3 is 14.7 Å². The standard InChI is InChI=1S/C15H19NO4S/c1-4-16(10-14(18)20-3)15(19)13-9-11(2)12(21-13)7-5-6-8-17/h9,17H,4,6,8,10H2,1-3H3. The molecular formula is C15H19NO4S. The third-order valence-electron chi connectivity index (χ3n) is 2.78. The molecule has 1 rings (SSSR count). The maximum atomic E-state index is 12.4. The number of ether oxygens (including phenoxy) is 1. The van der Waals surface area contributed by atoms with Crippen LogP contribution < -0.4 is 0 Å². The maximum Gasteiger partial charge on any atom is 0.325 e. The molecule has 0 bridgehead atoms. The lowest BCUT2D eigenvalue weighted by atomic mass is 10.2. The number of hydrogen-bond donors (Lipinski definition) is 1. The molecule has 0 saturated carbocycles. The molecule has 0 radical (unpaired) electrons. The number of aliphatic hydroxyl groups excluding tert-OH is 1. The molecule has 6 heteroatoms. The van der Waals surface area contributed by atoms with Gasteiger partial charge in [-0.15, -0.1) is 11.3 Å². The number of carbonyl (C=O) groups is 2. The summed E-state index contributed by atoms with van der Waals surface area (Å²) in [7, 11) is 1.30. The minimum Gasteiger partial charge on any atom is -0.468 e. The number of amides is 1. The van der Waals surface area contributed by atoms with Gasteiger partial charge in [0.05, 0.1) is 23.5 Å². The lowest BCUT2D eigenvalue weighted by molar-refractivity contribution is -0.141. The zero-order valence-electron chi connectivity index (χ0n) is 12.4. The molecule has 1 aromatic rings. The van der Waals surface area contributed by atoms with E-state index in [9.17, 15) is 9.59 Å². The Morgan fingerprint density at radius 2 is 2.19 bits per heavy atom. The Balaban J connectivity index is 2.89. The average Bonchev–Trinajstić information content (AvgIpc) is 2.85. The molecule has 0 saturated heterocycles. The van der Waals surface area contributed by atoms with E-state index in [0.29, 0.717) is 17.8 Å². The lowest BCUT2D eigenvalue weighted by Crippen LogP contribution is -2.35. The fourth-order valence-electron chi connectivity index (χ4n) is 1.61. The van der Waals surface area contributed by atoms with E-state index in [1.54, 1.807) is 6.07 Å². The van der Waals surface area contributed by atoms with Gasteiger partial charge in [0, 0.05) is 13.0 Å². The molecule has 0 aliphatic carbocycles. The molecule has 0 aliphatic rings. The number of aliphatic hydroxyl groups is 1. The first kappa shape index (κ1) is 17.2. The fraction of sp³-hybridized carbons (Fsp3) is 0.467. The number of rotatable bonds is 5. The van der Waals surface area contributed by atoms with E-state index in [4.69, 9.17) is 5.11 Å². The highest BCUT2D eigenvalue weighted by atomic mass is 32.1. The SMILES string of the molecule is CCN(CC(=O)OC)C(=O)c1cc(C)c(C#CCCO)s1. The van der Waals surface area contributed by atoms with Crippen LogP contribution in [0, 0.1) is 18.8 Å². The highest BCUT2D eigenvalue weighted by molar-refractivity contribution is 7.14. The molecule has 21 heavy (non-hydrogen) atoms. The largest absolute Gasteiger partial charge is 0.468 e. The molecule has 5 nitrogen and oxygen atoms in total. The minimum atomic E-state index is -0.443. The molecule has 0 spiro atoms. The van der Waals surface area contributed by atoms with Gasteiger partial charge in [-0.3, -0.25) is 9.59 Å². The summed E-state index contributed by atoms with van der Waals surface area (Å²) in [5, 5.41) is 8.72. The summed E-state index contributed by atoms with van der Waals surface area (Å²) in [5.74, 6) is 5.14. The number of likely N-dealkylation sites (N-methyl/N-ethyl adjacent to an activating group) is 1. The van der Waals surface area contributed by atoms with E-state index in [1.165, 1.54) is 23.3 Å². The molecule has 1 heterocycles. The number of carbonyl (C=O) groups excluding carboxylic acids is 2. The van der Waals surface area contributed by atoms with Gasteiger partial charge in [-0.1, -0.05) is 11.8 Å². The zero-order valence-corrected chi connectivity index (χ0v) is 13.2. The first-order valence-corrected chi connectivity index (χ1v) is 7.41. The molecule has 0 aliphatic heterocycles. The molecule has 114 valence electrons. The third-order valence-corrected chi connectivity index (χ3v) is 3.92. The van der Waals surface area contributed by atoms with Crippen molar-refractivity contribution in [2.24, 2.45) is 0 Å². The summed E-state index contributed by atoms with van der Waals surface area (Å²) >= 11 is 1.30. The van der Waals surface area contributed by atoms with Gasteiger partial charge >= 0.3 is 5.97 Å². The summed E-state index contributed by atoms with van der Waals surface area (Å²) in [6.45, 7) is 4.08. The summed E-state index contributed by atoms with van der Waals surface area (Å²) < 4.78 is 4.59. The van der Waals surface area contributed by atoms with Crippen LogP contribution in [0.5, 0.6) is 0 Å². The Kier molecular flexibility index (Phi) is 6.92. The minimum absolute atomic E-state index is 0.0198. The van der Waals surface area contributed by atoms with Gasteiger partial charge in [-0.2, -0.15) is 0 Å². The van der Waals surface area contributed by atoms with Crippen LogP contribution in [0.3, 0.4) is 0 Å². The second-order valence-electron chi connectivity index (χ2n) is 4.29. The first-order valence-electron chi connectivity index (χ1n) is 6.59. The number of methoxy groups -OCH3 is 1. The number of thiophene rings is 1. The van der Waals surface area contributed by atoms with Gasteiger partial charge in [0.25, 0.3) is 5.91 Å². The van der Waals surface area contributed by atoms with Crippen LogP contribution in [0.2, 0.25) is 0 Å². The Hall–Kier alpha value is -1.84. The van der Waals surface area contributed by atoms with Crippen LogP contribution in [0.4, 0.5) is 0 Å². The van der Waals surface area contributed by atoms with E-state index >= 15 is 0 Å². The first-order chi connectivity index (χ1) is 10.0. The summed E-state index contributed by atoms with van der Waals surface area (Å²) in [4.78, 5) is 26.5. The lowest BCUT2D eigenvalue weighted by Gasteiger charge is -2.18. The van der Waals surface area contributed by atoms with Gasteiger partial charge in [-0.25, -0.2) is 0 Å². The summed E-state index contributed by atoms with van der Waals surface area (Å²) in [5.41, 5.74) is 0.919. The summed E-state index contributed by atoms with van der Waals surface area (Å²) in [6.07, 6.45) is 0.407. The highest BCUT2D eigenvalue weighted by Gasteiger charge is 2.20. The van der Waals surface area contributed by atoms with E-state index in [0.717, 1.165) is 10.4 Å². The molecule has 1 amide bonds. The van der Waals surface area contributed by atoms with Crippen molar-refractivity contribution in [2.75, 3.05) is 26.8 Å². The van der Waals surface area contributed by atoms with Crippen LogP contribution in [0.1, 0.15) is 33.5 Å². The van der Waals surface area contributed by atoms with Crippen molar-refractivity contribution in [3.05, 3.63) is 21.4 Å². The van der Waals surface area contributed by atoms with Crippen LogP contribution >= 0.6 is 11.3 Å². The van der Waals surface area contributed by atoms with Gasteiger partial charge in [-0.05, 0) is 25.5 Å². The van der Waals surface area contributed by atoms with E-state index in [2.05, 4.69) is 16.6 Å². The zero-order chi connectivity index (χ0) is 15.8. The highest BCUT2D eigenvalue weighted by Crippen LogP contribution is 2.22. The number of nitrogens with zero attached hydrogens (tertiary/aromatic N) is 1. The smallest absolute Gasteiger partial charge is 0.325 e. The van der Waals surface area contributed by atoms with Crippen molar-refractivity contribution in [3.8, 4) is 11.8 Å². The van der Waals surface area contributed by atoms with Gasteiger partial charge in [0.2, 0.25) is 0 Å². The normalized spacial score (nSPS) is 9.71. The van der Waals surface area contributed by atoms with Crippen molar-refractivity contribution in [1.82, 2.24) is 4.90 Å². The Labute approximate surface area is 128 Å². The number of hydrogen-bond acceptors (Lipinski definition) is 5. The van der Waals surface area contributed by atoms with Crippen LogP contribution in [0.25, 0.3) is 0 Å². The number of aryl methyl sites for hydroxylation is 1. The second kappa shape index (κ2) is 8.45. The van der Waals surface area contributed by atoms with Gasteiger partial charge in [0.1, 0.15) is 6.54 Å². The van der Waals surface area contributed by atoms with Crippen LogP contribution in [-0.2, 0) is 9.53 Å². The van der Waals surface area contributed by atoms with Crippen molar-refractivity contribution < 1.29 is 19.4 Å². The summed E-state index contributed by atoms with van der Waals surface area (Å²) in [6, 6.07) is 1.77. The Morgan fingerprint density at radius 1 is 1.48 bits per heavy atom. The fourth-order valence-corrected chi connectivity index (χ4v) is 2.63. The predicted molar refractivity (Wildman–Crippen MR) is 81.2 cm³/mol. The molecule has 1 N–H and O–H groups in total. The second-order valence-corrected chi connectivity index (χ2v) is 5.35. The predicted octanol–water partition coefficient (Wildman–Crippen LogP) is 1.43. The van der Waals surface area contributed by atoms with Gasteiger partial charge in [0.15, 0.2) is 0 Å². The quantitative estimate of drug-likeness (QED) is 0.660. The van der Waals surface area contributed by atoms with Crippen LogP contribution in [0.15, 0.2) is 6.07 Å². The van der Waals surface area contributed by atoms with Crippen molar-refractivity contribution in [3.63, 3.8) is 0 Å². The van der Waals surface area contributed by atoms with E-state index in [-0.39, 0.29) is 19.1 Å². The van der Waals surface area contributed by atoms with E-state index in [1.807, 2.05) is 13.8 Å².